The average Bonchev–Trinajstić information content (AvgIpc) is 2.85. The third kappa shape index (κ3) is 3.94. The molecule has 0 saturated carbocycles. The molecule has 0 fully saturated rings. The van der Waals surface area contributed by atoms with Gasteiger partial charge in [-0.15, -0.1) is 0 Å². The smallest absolute Gasteiger partial charge is 0.393 e. The standard InChI is InChI=1S/C19H12F3N3O/c1-18(12-19(20,21)22)14(10-9-13-7-5-4-6-8-13)16(25-3)17(26-18)15(11-23)24-2/h4-10H,12H2,1H3/b10-9+,17-15+/i4D. The molecule has 0 saturated heterocycles. The lowest BCUT2D eigenvalue weighted by Gasteiger charge is -2.28. The molecule has 1 aliphatic rings. The molecule has 0 spiro atoms. The minimum atomic E-state index is -4.59. The van der Waals surface area contributed by atoms with Crippen molar-refractivity contribution in [3.8, 4) is 6.07 Å². The van der Waals surface area contributed by atoms with Crippen molar-refractivity contribution in [2.45, 2.75) is 25.1 Å². The first-order valence-electron chi connectivity index (χ1n) is 7.78. The van der Waals surface area contributed by atoms with Crippen LogP contribution in [0.1, 0.15) is 20.3 Å². The normalized spacial score (nSPS) is 22.3. The number of halogens is 3. The first-order valence-corrected chi connectivity index (χ1v) is 7.28. The Kier molecular flexibility index (Phi) is 4.78. The van der Waals surface area contributed by atoms with Gasteiger partial charge in [-0.05, 0) is 12.5 Å². The maximum Gasteiger partial charge on any atom is 0.393 e. The van der Waals surface area contributed by atoms with E-state index in [1.165, 1.54) is 31.2 Å². The summed E-state index contributed by atoms with van der Waals surface area (Å²) in [6.07, 6.45) is -3.16. The van der Waals surface area contributed by atoms with Gasteiger partial charge in [0.1, 0.15) is 11.4 Å². The molecule has 0 bridgehead atoms. The highest BCUT2D eigenvalue weighted by atomic mass is 19.4. The summed E-state index contributed by atoms with van der Waals surface area (Å²) < 4.78 is 52.1. The van der Waals surface area contributed by atoms with Gasteiger partial charge >= 0.3 is 6.18 Å². The van der Waals surface area contributed by atoms with Crippen LogP contribution in [-0.2, 0) is 4.74 Å². The molecule has 0 radical (unpaired) electrons. The van der Waals surface area contributed by atoms with Crippen molar-refractivity contribution in [2.75, 3.05) is 0 Å². The molecule has 4 nitrogen and oxygen atoms in total. The fourth-order valence-electron chi connectivity index (χ4n) is 2.56. The van der Waals surface area contributed by atoms with Gasteiger partial charge in [0.15, 0.2) is 0 Å². The monoisotopic (exact) mass is 356 g/mol. The zero-order valence-electron chi connectivity index (χ0n) is 14.6. The third-order valence-corrected chi connectivity index (χ3v) is 3.64. The highest BCUT2D eigenvalue weighted by Crippen LogP contribution is 2.47. The van der Waals surface area contributed by atoms with Gasteiger partial charge < -0.3 is 4.74 Å². The summed E-state index contributed by atoms with van der Waals surface area (Å²) in [4.78, 5) is 6.17. The molecule has 1 heterocycles. The Morgan fingerprint density at radius 3 is 2.54 bits per heavy atom. The molecule has 1 unspecified atom stereocenters. The van der Waals surface area contributed by atoms with Crippen LogP contribution in [0.5, 0.6) is 0 Å². The molecule has 7 heteroatoms. The first-order chi connectivity index (χ1) is 12.6. The molecule has 1 aliphatic heterocycles. The molecular weight excluding hydrogens is 343 g/mol. The van der Waals surface area contributed by atoms with E-state index >= 15 is 0 Å². The van der Waals surface area contributed by atoms with E-state index in [9.17, 15) is 13.2 Å². The quantitative estimate of drug-likeness (QED) is 0.547. The van der Waals surface area contributed by atoms with E-state index in [0.29, 0.717) is 5.56 Å². The van der Waals surface area contributed by atoms with Gasteiger partial charge in [0.05, 0.1) is 27.0 Å². The van der Waals surface area contributed by atoms with Crippen LogP contribution in [0.4, 0.5) is 13.2 Å². The minimum Gasteiger partial charge on any atom is -0.505 e. The topological polar surface area (TPSA) is 41.7 Å². The van der Waals surface area contributed by atoms with Gasteiger partial charge in [0, 0.05) is 5.57 Å². The molecule has 1 atom stereocenters. The highest BCUT2D eigenvalue weighted by molar-refractivity contribution is 5.61. The Hall–Kier alpha value is -3.50. The van der Waals surface area contributed by atoms with Crippen LogP contribution < -0.4 is 0 Å². The van der Waals surface area contributed by atoms with Gasteiger partial charge in [-0.25, -0.2) is 15.0 Å². The Morgan fingerprint density at radius 2 is 2.04 bits per heavy atom. The lowest BCUT2D eigenvalue weighted by Crippen LogP contribution is -2.33. The molecule has 2 rings (SSSR count). The predicted octanol–water partition coefficient (Wildman–Crippen LogP) is 5.27. The van der Waals surface area contributed by atoms with E-state index in [1.807, 2.05) is 0 Å². The van der Waals surface area contributed by atoms with Crippen molar-refractivity contribution in [3.05, 3.63) is 87.5 Å². The van der Waals surface area contributed by atoms with Crippen LogP contribution in [0, 0.1) is 24.5 Å². The van der Waals surface area contributed by atoms with Gasteiger partial charge in [0.2, 0.25) is 5.70 Å². The van der Waals surface area contributed by atoms with E-state index in [4.69, 9.17) is 24.5 Å². The molecule has 26 heavy (non-hydrogen) atoms. The van der Waals surface area contributed by atoms with Crippen molar-refractivity contribution in [1.82, 2.24) is 0 Å². The molecule has 1 aromatic rings. The average molecular weight is 356 g/mol. The third-order valence-electron chi connectivity index (χ3n) is 3.64. The second-order valence-corrected chi connectivity index (χ2v) is 5.57. The van der Waals surface area contributed by atoms with Crippen molar-refractivity contribution < 1.29 is 19.3 Å². The lowest BCUT2D eigenvalue weighted by molar-refractivity contribution is -0.165. The maximum atomic E-state index is 13.1. The molecule has 130 valence electrons. The molecule has 0 aliphatic carbocycles. The van der Waals surface area contributed by atoms with Crippen molar-refractivity contribution in [3.63, 3.8) is 0 Å². The molecular formula is C19H12F3N3O. The number of benzene rings is 1. The Labute approximate surface area is 150 Å². The summed E-state index contributed by atoms with van der Waals surface area (Å²) in [6.45, 7) is 15.5. The van der Waals surface area contributed by atoms with E-state index in [-0.39, 0.29) is 17.3 Å². The van der Waals surface area contributed by atoms with E-state index in [1.54, 1.807) is 18.2 Å². The number of nitriles is 1. The summed E-state index contributed by atoms with van der Waals surface area (Å²) in [7, 11) is 0. The van der Waals surface area contributed by atoms with Crippen molar-refractivity contribution >= 4 is 6.08 Å². The van der Waals surface area contributed by atoms with Gasteiger partial charge in [0.25, 0.3) is 5.70 Å². The first kappa shape index (κ1) is 17.3. The highest BCUT2D eigenvalue weighted by Gasteiger charge is 2.49. The van der Waals surface area contributed by atoms with Crippen LogP contribution in [-0.4, -0.2) is 11.8 Å². The number of allylic oxidation sites excluding steroid dienone is 1. The minimum absolute atomic E-state index is 0.0591. The van der Waals surface area contributed by atoms with Crippen LogP contribution in [0.3, 0.4) is 0 Å². The number of ether oxygens (including phenoxy) is 1. The second-order valence-electron chi connectivity index (χ2n) is 5.57. The molecule has 0 aromatic heterocycles. The SMILES string of the molecule is [2H]c1ccc(/C=C/C2=C([N+]#[C-])C(=C(/C#N)[N+]#[C-])/OC2(C)CC(F)(F)F)cc1. The summed E-state index contributed by atoms with van der Waals surface area (Å²) in [5.41, 5.74) is -2.25. The van der Waals surface area contributed by atoms with Crippen LogP contribution >= 0.6 is 0 Å². The summed E-state index contributed by atoms with van der Waals surface area (Å²) in [5, 5.41) is 9.04. The summed E-state index contributed by atoms with van der Waals surface area (Å²) in [5.74, 6) is -0.435. The zero-order chi connectivity index (χ0) is 20.2. The maximum absolute atomic E-state index is 13.1. The number of nitrogens with zero attached hydrogens (tertiary/aromatic N) is 3. The molecule has 1 aromatic carbocycles. The van der Waals surface area contributed by atoms with Crippen molar-refractivity contribution in [2.24, 2.45) is 0 Å². The van der Waals surface area contributed by atoms with E-state index in [2.05, 4.69) is 9.69 Å². The van der Waals surface area contributed by atoms with E-state index < -0.39 is 29.7 Å². The van der Waals surface area contributed by atoms with Crippen LogP contribution in [0.25, 0.3) is 15.8 Å². The van der Waals surface area contributed by atoms with Crippen molar-refractivity contribution in [1.29, 1.82) is 5.26 Å². The van der Waals surface area contributed by atoms with Gasteiger partial charge in [-0.1, -0.05) is 42.5 Å². The Morgan fingerprint density at radius 1 is 1.38 bits per heavy atom. The number of hydrogen-bond donors (Lipinski definition) is 0. The van der Waals surface area contributed by atoms with Crippen LogP contribution in [0.2, 0.25) is 0 Å². The van der Waals surface area contributed by atoms with Gasteiger partial charge in [-0.3, -0.25) is 0 Å². The fraction of sp³-hybridized carbons (Fsp3) is 0.211. The van der Waals surface area contributed by atoms with Crippen LogP contribution in [0.15, 0.2) is 59.1 Å². The summed E-state index contributed by atoms with van der Waals surface area (Å²) >= 11 is 0. The predicted molar refractivity (Wildman–Crippen MR) is 88.5 cm³/mol. The van der Waals surface area contributed by atoms with E-state index in [0.717, 1.165) is 0 Å². The number of alkyl halides is 3. The Bertz CT molecular complexity index is 954. The number of hydrogen-bond acceptors (Lipinski definition) is 2. The molecule has 0 amide bonds. The Balaban J connectivity index is 2.63. The largest absolute Gasteiger partial charge is 0.505 e. The van der Waals surface area contributed by atoms with Gasteiger partial charge in [-0.2, -0.15) is 13.2 Å². The fourth-order valence-corrected chi connectivity index (χ4v) is 2.56. The number of rotatable bonds is 3. The molecule has 0 N–H and O–H groups in total. The second kappa shape index (κ2) is 7.17. The summed E-state index contributed by atoms with van der Waals surface area (Å²) in [6, 6.07) is 8.07. The zero-order valence-corrected chi connectivity index (χ0v) is 13.6. The lowest BCUT2D eigenvalue weighted by atomic mass is 9.91.